The summed E-state index contributed by atoms with van der Waals surface area (Å²) in [6, 6.07) is 5.54. The molecule has 5 heteroatoms. The Labute approximate surface area is 119 Å². The molecule has 1 N–H and O–H groups in total. The van der Waals surface area contributed by atoms with Crippen molar-refractivity contribution in [2.75, 3.05) is 0 Å². The van der Waals surface area contributed by atoms with E-state index >= 15 is 0 Å². The Morgan fingerprint density at radius 3 is 2.30 bits per heavy atom. The minimum atomic E-state index is -0.951. The Bertz CT molecular complexity index is 459. The van der Waals surface area contributed by atoms with Crippen molar-refractivity contribution in [3.63, 3.8) is 0 Å². The molecule has 0 saturated heterocycles. The molecular weight excluding hydrogens is 256 g/mol. The van der Waals surface area contributed by atoms with Gasteiger partial charge in [-0.2, -0.15) is 0 Å². The Morgan fingerprint density at radius 2 is 1.85 bits per heavy atom. The molecule has 5 nitrogen and oxygen atoms in total. The van der Waals surface area contributed by atoms with E-state index in [-0.39, 0.29) is 11.9 Å². The average molecular weight is 278 g/mol. The molecule has 0 fully saturated rings. The van der Waals surface area contributed by atoms with Crippen LogP contribution in [0, 0.1) is 11.8 Å². The second-order valence-electron chi connectivity index (χ2n) is 5.30. The molecule has 0 aliphatic carbocycles. The van der Waals surface area contributed by atoms with E-state index in [1.54, 1.807) is 24.9 Å². The highest BCUT2D eigenvalue weighted by Crippen LogP contribution is 2.18. The molecule has 2 atom stereocenters. The average Bonchev–Trinajstić information content (AvgIpc) is 2.43. The van der Waals surface area contributed by atoms with Crippen LogP contribution in [0.25, 0.3) is 0 Å². The normalized spacial score (nSPS) is 13.8. The summed E-state index contributed by atoms with van der Waals surface area (Å²) in [6.07, 6.45) is 1.68. The van der Waals surface area contributed by atoms with Crippen LogP contribution in [0.15, 0.2) is 24.4 Å². The number of hydrogen-bond acceptors (Lipinski definition) is 3. The minimum absolute atomic E-state index is 0.00653. The molecular formula is C15H22N2O3. The van der Waals surface area contributed by atoms with Crippen molar-refractivity contribution < 1.29 is 14.7 Å². The second kappa shape index (κ2) is 7.03. The molecule has 1 rings (SSSR count). The Balaban J connectivity index is 2.86. The highest BCUT2D eigenvalue weighted by Gasteiger charge is 2.30. The number of amides is 1. The fourth-order valence-corrected chi connectivity index (χ4v) is 1.87. The summed E-state index contributed by atoms with van der Waals surface area (Å²) >= 11 is 0. The zero-order valence-corrected chi connectivity index (χ0v) is 12.4. The van der Waals surface area contributed by atoms with E-state index in [1.807, 2.05) is 32.0 Å². The molecule has 1 heterocycles. The van der Waals surface area contributed by atoms with Crippen LogP contribution in [0.5, 0.6) is 0 Å². The van der Waals surface area contributed by atoms with Crippen molar-refractivity contribution in [1.29, 1.82) is 0 Å². The standard InChI is InChI=1S/C15H22N2O3/c1-10(2)17(9-13-7-5-6-8-16-13)14(18)11(3)12(4)15(19)20/h5-8,10-12H,9H2,1-4H3,(H,19,20). The van der Waals surface area contributed by atoms with Gasteiger partial charge in [0.2, 0.25) is 5.91 Å². The van der Waals surface area contributed by atoms with E-state index in [0.717, 1.165) is 5.69 Å². The van der Waals surface area contributed by atoms with Gasteiger partial charge < -0.3 is 10.0 Å². The molecule has 1 amide bonds. The fraction of sp³-hybridized carbons (Fsp3) is 0.533. The topological polar surface area (TPSA) is 70.5 Å². The fourth-order valence-electron chi connectivity index (χ4n) is 1.87. The van der Waals surface area contributed by atoms with E-state index < -0.39 is 17.8 Å². The number of rotatable bonds is 6. The molecule has 2 unspecified atom stereocenters. The van der Waals surface area contributed by atoms with Gasteiger partial charge in [-0.15, -0.1) is 0 Å². The van der Waals surface area contributed by atoms with Gasteiger partial charge in [-0.1, -0.05) is 19.9 Å². The molecule has 0 saturated carbocycles. The van der Waals surface area contributed by atoms with Gasteiger partial charge in [-0.3, -0.25) is 14.6 Å². The maximum absolute atomic E-state index is 12.5. The quantitative estimate of drug-likeness (QED) is 0.865. The summed E-state index contributed by atoms with van der Waals surface area (Å²) in [5.74, 6) is -2.36. The smallest absolute Gasteiger partial charge is 0.307 e. The van der Waals surface area contributed by atoms with Crippen LogP contribution >= 0.6 is 0 Å². The lowest BCUT2D eigenvalue weighted by Crippen LogP contribution is -2.42. The number of aromatic nitrogens is 1. The maximum atomic E-state index is 12.5. The summed E-state index contributed by atoms with van der Waals surface area (Å²) in [5, 5.41) is 9.03. The molecule has 1 aromatic rings. The third-order valence-electron chi connectivity index (χ3n) is 3.49. The van der Waals surface area contributed by atoms with Crippen LogP contribution < -0.4 is 0 Å². The van der Waals surface area contributed by atoms with Gasteiger partial charge >= 0.3 is 5.97 Å². The van der Waals surface area contributed by atoms with Crippen LogP contribution in [0.1, 0.15) is 33.4 Å². The Kier molecular flexibility index (Phi) is 5.67. The van der Waals surface area contributed by atoms with Gasteiger partial charge in [0.1, 0.15) is 0 Å². The van der Waals surface area contributed by atoms with Gasteiger partial charge in [0.15, 0.2) is 0 Å². The van der Waals surface area contributed by atoms with Crippen molar-refractivity contribution >= 4 is 11.9 Å². The molecule has 110 valence electrons. The summed E-state index contributed by atoms with van der Waals surface area (Å²) in [6.45, 7) is 7.45. The van der Waals surface area contributed by atoms with Gasteiger partial charge in [-0.25, -0.2) is 0 Å². The first-order chi connectivity index (χ1) is 9.34. The van der Waals surface area contributed by atoms with E-state index in [2.05, 4.69) is 4.98 Å². The first-order valence-corrected chi connectivity index (χ1v) is 6.77. The third kappa shape index (κ3) is 4.05. The van der Waals surface area contributed by atoms with Crippen molar-refractivity contribution in [2.45, 2.75) is 40.3 Å². The van der Waals surface area contributed by atoms with Gasteiger partial charge in [0, 0.05) is 18.2 Å². The van der Waals surface area contributed by atoms with Crippen molar-refractivity contribution in [3.8, 4) is 0 Å². The number of carbonyl (C=O) groups is 2. The SMILES string of the molecule is CC(C(=O)O)C(C)C(=O)N(Cc1ccccn1)C(C)C. The maximum Gasteiger partial charge on any atom is 0.307 e. The monoisotopic (exact) mass is 278 g/mol. The zero-order valence-electron chi connectivity index (χ0n) is 12.4. The molecule has 0 aromatic carbocycles. The minimum Gasteiger partial charge on any atom is -0.481 e. The molecule has 20 heavy (non-hydrogen) atoms. The lowest BCUT2D eigenvalue weighted by Gasteiger charge is -2.30. The van der Waals surface area contributed by atoms with Crippen LogP contribution in [0.2, 0.25) is 0 Å². The van der Waals surface area contributed by atoms with Gasteiger partial charge in [0.05, 0.1) is 18.2 Å². The van der Waals surface area contributed by atoms with Crippen LogP contribution in [0.3, 0.4) is 0 Å². The number of carbonyl (C=O) groups excluding carboxylic acids is 1. The van der Waals surface area contributed by atoms with Crippen LogP contribution in [-0.4, -0.2) is 32.9 Å². The summed E-state index contributed by atoms with van der Waals surface area (Å²) in [4.78, 5) is 29.4. The van der Waals surface area contributed by atoms with Crippen LogP contribution in [0.4, 0.5) is 0 Å². The highest BCUT2D eigenvalue weighted by atomic mass is 16.4. The summed E-state index contributed by atoms with van der Waals surface area (Å²) in [7, 11) is 0. The predicted molar refractivity (Wildman–Crippen MR) is 75.9 cm³/mol. The largest absolute Gasteiger partial charge is 0.481 e. The number of hydrogen-bond donors (Lipinski definition) is 1. The number of aliphatic carboxylic acids is 1. The van der Waals surface area contributed by atoms with Gasteiger partial charge in [0.25, 0.3) is 0 Å². The number of carboxylic acid groups (broad SMARTS) is 1. The molecule has 0 radical (unpaired) electrons. The van der Waals surface area contributed by atoms with E-state index in [4.69, 9.17) is 5.11 Å². The molecule has 0 aliphatic heterocycles. The third-order valence-corrected chi connectivity index (χ3v) is 3.49. The molecule has 1 aromatic heterocycles. The van der Waals surface area contributed by atoms with E-state index in [1.165, 1.54) is 0 Å². The van der Waals surface area contributed by atoms with Crippen molar-refractivity contribution in [3.05, 3.63) is 30.1 Å². The lowest BCUT2D eigenvalue weighted by atomic mass is 9.94. The van der Waals surface area contributed by atoms with E-state index in [0.29, 0.717) is 6.54 Å². The molecule has 0 spiro atoms. The molecule has 0 aliphatic rings. The predicted octanol–water partition coefficient (Wildman–Crippen LogP) is 2.18. The number of carboxylic acids is 1. The summed E-state index contributed by atoms with van der Waals surface area (Å²) in [5.41, 5.74) is 0.796. The Hall–Kier alpha value is -1.91. The summed E-state index contributed by atoms with van der Waals surface area (Å²) < 4.78 is 0. The van der Waals surface area contributed by atoms with Crippen molar-refractivity contribution in [1.82, 2.24) is 9.88 Å². The van der Waals surface area contributed by atoms with Gasteiger partial charge in [-0.05, 0) is 26.0 Å². The van der Waals surface area contributed by atoms with Crippen LogP contribution in [-0.2, 0) is 16.1 Å². The first kappa shape index (κ1) is 16.1. The number of nitrogens with zero attached hydrogens (tertiary/aromatic N) is 2. The lowest BCUT2D eigenvalue weighted by molar-refractivity contribution is -0.150. The first-order valence-electron chi connectivity index (χ1n) is 6.77. The second-order valence-corrected chi connectivity index (χ2v) is 5.30. The zero-order chi connectivity index (χ0) is 15.3. The number of pyridine rings is 1. The van der Waals surface area contributed by atoms with Crippen molar-refractivity contribution in [2.24, 2.45) is 11.8 Å². The highest BCUT2D eigenvalue weighted by molar-refractivity contribution is 5.84. The Morgan fingerprint density at radius 1 is 1.20 bits per heavy atom. The molecule has 0 bridgehead atoms. The van der Waals surface area contributed by atoms with E-state index in [9.17, 15) is 9.59 Å².